The number of anilines is 1. The number of thioether (sulfide) groups is 1. The van der Waals surface area contributed by atoms with Gasteiger partial charge in [0, 0.05) is 6.54 Å². The highest BCUT2D eigenvalue weighted by atomic mass is 32.2. The molecule has 0 saturated carbocycles. The predicted octanol–water partition coefficient (Wildman–Crippen LogP) is 0.684. The third-order valence-corrected chi connectivity index (χ3v) is 2.64. The molecule has 0 aliphatic rings. The van der Waals surface area contributed by atoms with Crippen molar-refractivity contribution in [3.05, 3.63) is 12.4 Å². The van der Waals surface area contributed by atoms with Crippen LogP contribution in [0.4, 0.5) is 5.82 Å². The zero-order chi connectivity index (χ0) is 10.5. The van der Waals surface area contributed by atoms with Crippen molar-refractivity contribution >= 4 is 23.2 Å². The van der Waals surface area contributed by atoms with Crippen LogP contribution in [0.15, 0.2) is 12.4 Å². The van der Waals surface area contributed by atoms with Gasteiger partial charge in [-0.15, -0.1) is 5.10 Å². The molecule has 0 aliphatic carbocycles. The quantitative estimate of drug-likeness (QED) is 0.753. The Labute approximate surface area is 91.5 Å². The average Bonchev–Trinajstić information content (AvgIpc) is 2.73. The average molecular weight is 224 g/mol. The standard InChI is InChI=1S/C8H12N6S/c1-15-4-2-3-10-7-5-9-6-8-11-12-13-14(7)8/h5-6,10H,2-4H2,1H3. The lowest BCUT2D eigenvalue weighted by atomic mass is 10.5. The third-order valence-electron chi connectivity index (χ3n) is 1.94. The minimum absolute atomic E-state index is 0.657. The van der Waals surface area contributed by atoms with Crippen molar-refractivity contribution in [2.45, 2.75) is 6.42 Å². The fourth-order valence-electron chi connectivity index (χ4n) is 1.23. The molecule has 2 aromatic rings. The summed E-state index contributed by atoms with van der Waals surface area (Å²) in [6.07, 6.45) is 6.57. The van der Waals surface area contributed by atoms with Gasteiger partial charge in [-0.25, -0.2) is 0 Å². The van der Waals surface area contributed by atoms with Gasteiger partial charge in [0.2, 0.25) is 0 Å². The molecule has 0 saturated heterocycles. The molecule has 0 aliphatic heterocycles. The molecule has 7 heteroatoms. The summed E-state index contributed by atoms with van der Waals surface area (Å²) in [7, 11) is 0. The van der Waals surface area contributed by atoms with Gasteiger partial charge in [0.05, 0.1) is 12.4 Å². The van der Waals surface area contributed by atoms with Crippen LogP contribution in [0.3, 0.4) is 0 Å². The Morgan fingerprint density at radius 2 is 2.40 bits per heavy atom. The fourth-order valence-corrected chi connectivity index (χ4v) is 1.66. The molecule has 1 N–H and O–H groups in total. The largest absolute Gasteiger partial charge is 0.369 e. The molecule has 2 heterocycles. The molecule has 0 amide bonds. The lowest BCUT2D eigenvalue weighted by molar-refractivity contribution is 0.816. The summed E-state index contributed by atoms with van der Waals surface area (Å²) in [6, 6.07) is 0. The zero-order valence-electron chi connectivity index (χ0n) is 8.42. The van der Waals surface area contributed by atoms with Crippen LogP contribution in [0.5, 0.6) is 0 Å². The van der Waals surface area contributed by atoms with Crippen LogP contribution < -0.4 is 5.32 Å². The van der Waals surface area contributed by atoms with Crippen molar-refractivity contribution in [1.82, 2.24) is 25.0 Å². The summed E-state index contributed by atoms with van der Waals surface area (Å²) < 4.78 is 1.64. The second-order valence-corrected chi connectivity index (χ2v) is 4.00. The molecule has 2 aromatic heterocycles. The molecule has 0 atom stereocenters. The minimum Gasteiger partial charge on any atom is -0.369 e. The molecular weight excluding hydrogens is 212 g/mol. The molecule has 0 fully saturated rings. The highest BCUT2D eigenvalue weighted by molar-refractivity contribution is 7.98. The molecule has 2 rings (SSSR count). The van der Waals surface area contributed by atoms with E-state index in [9.17, 15) is 0 Å². The van der Waals surface area contributed by atoms with Crippen LogP contribution in [0, 0.1) is 0 Å². The molecule has 80 valence electrons. The van der Waals surface area contributed by atoms with Gasteiger partial charge in [0.25, 0.3) is 0 Å². The normalized spacial score (nSPS) is 10.7. The van der Waals surface area contributed by atoms with Crippen LogP contribution in [0.25, 0.3) is 5.65 Å². The molecule has 15 heavy (non-hydrogen) atoms. The summed E-state index contributed by atoms with van der Waals surface area (Å²) in [5.41, 5.74) is 0.657. The Bertz CT molecular complexity index is 428. The van der Waals surface area contributed by atoms with E-state index in [0.29, 0.717) is 5.65 Å². The van der Waals surface area contributed by atoms with Crippen LogP contribution in [0.1, 0.15) is 6.42 Å². The van der Waals surface area contributed by atoms with Crippen LogP contribution in [-0.4, -0.2) is 43.6 Å². The van der Waals surface area contributed by atoms with E-state index in [1.165, 1.54) is 0 Å². The van der Waals surface area contributed by atoms with Gasteiger partial charge in [0.15, 0.2) is 5.65 Å². The maximum absolute atomic E-state index is 4.05. The molecule has 0 unspecified atom stereocenters. The number of hydrogen-bond donors (Lipinski definition) is 1. The first-order valence-electron chi connectivity index (χ1n) is 4.67. The highest BCUT2D eigenvalue weighted by Gasteiger charge is 2.02. The fraction of sp³-hybridized carbons (Fsp3) is 0.500. The van der Waals surface area contributed by atoms with E-state index >= 15 is 0 Å². The van der Waals surface area contributed by atoms with Gasteiger partial charge >= 0.3 is 0 Å². The Morgan fingerprint density at radius 3 is 3.27 bits per heavy atom. The monoisotopic (exact) mass is 224 g/mol. The topological polar surface area (TPSA) is 68.0 Å². The SMILES string of the molecule is CSCCCNc1cncc2nnnn12. The van der Waals surface area contributed by atoms with Crippen molar-refractivity contribution in [1.29, 1.82) is 0 Å². The van der Waals surface area contributed by atoms with Crippen molar-refractivity contribution in [2.75, 3.05) is 23.9 Å². The first-order valence-corrected chi connectivity index (χ1v) is 6.06. The first-order chi connectivity index (χ1) is 7.42. The van der Waals surface area contributed by atoms with Gasteiger partial charge in [-0.3, -0.25) is 4.98 Å². The maximum Gasteiger partial charge on any atom is 0.199 e. The first kappa shape index (κ1) is 10.2. The Balaban J connectivity index is 2.04. The molecule has 0 radical (unpaired) electrons. The number of nitrogens with one attached hydrogen (secondary N) is 1. The van der Waals surface area contributed by atoms with E-state index < -0.39 is 0 Å². The molecule has 0 bridgehead atoms. The number of tetrazole rings is 1. The Morgan fingerprint density at radius 1 is 1.47 bits per heavy atom. The van der Waals surface area contributed by atoms with E-state index in [1.807, 2.05) is 11.8 Å². The molecular formula is C8H12N6S. The van der Waals surface area contributed by atoms with Crippen molar-refractivity contribution in [3.8, 4) is 0 Å². The lowest BCUT2D eigenvalue weighted by Gasteiger charge is -2.05. The molecule has 0 aromatic carbocycles. The molecule has 0 spiro atoms. The van der Waals surface area contributed by atoms with Gasteiger partial charge in [-0.2, -0.15) is 16.3 Å². The van der Waals surface area contributed by atoms with E-state index in [-0.39, 0.29) is 0 Å². The Kier molecular flexibility index (Phi) is 3.33. The lowest BCUT2D eigenvalue weighted by Crippen LogP contribution is -2.07. The van der Waals surface area contributed by atoms with Gasteiger partial charge < -0.3 is 5.32 Å². The summed E-state index contributed by atoms with van der Waals surface area (Å²) in [4.78, 5) is 4.05. The summed E-state index contributed by atoms with van der Waals surface area (Å²) in [5.74, 6) is 1.98. The summed E-state index contributed by atoms with van der Waals surface area (Å²) in [6.45, 7) is 0.904. The van der Waals surface area contributed by atoms with Gasteiger partial charge in [-0.05, 0) is 28.9 Å². The number of hydrogen-bond acceptors (Lipinski definition) is 6. The predicted molar refractivity (Wildman–Crippen MR) is 60.1 cm³/mol. The maximum atomic E-state index is 4.05. The third kappa shape index (κ3) is 2.35. The minimum atomic E-state index is 0.657. The second kappa shape index (κ2) is 4.92. The van der Waals surface area contributed by atoms with Crippen molar-refractivity contribution in [3.63, 3.8) is 0 Å². The number of fused-ring (bicyclic) bond motifs is 1. The van der Waals surface area contributed by atoms with E-state index in [0.717, 1.165) is 24.5 Å². The number of rotatable bonds is 5. The van der Waals surface area contributed by atoms with Crippen LogP contribution in [-0.2, 0) is 0 Å². The Hall–Kier alpha value is -1.37. The van der Waals surface area contributed by atoms with Crippen LogP contribution in [0.2, 0.25) is 0 Å². The van der Waals surface area contributed by atoms with Crippen LogP contribution >= 0.6 is 11.8 Å². The summed E-state index contributed by atoms with van der Waals surface area (Å²) in [5, 5.41) is 14.5. The van der Waals surface area contributed by atoms with Gasteiger partial charge in [-0.1, -0.05) is 0 Å². The zero-order valence-corrected chi connectivity index (χ0v) is 9.24. The second-order valence-electron chi connectivity index (χ2n) is 3.01. The molecule has 6 nitrogen and oxygen atoms in total. The van der Waals surface area contributed by atoms with Crippen molar-refractivity contribution < 1.29 is 0 Å². The van der Waals surface area contributed by atoms with E-state index in [2.05, 4.69) is 32.1 Å². The van der Waals surface area contributed by atoms with Crippen molar-refractivity contribution in [2.24, 2.45) is 0 Å². The number of aromatic nitrogens is 5. The van der Waals surface area contributed by atoms with E-state index in [1.54, 1.807) is 16.9 Å². The smallest absolute Gasteiger partial charge is 0.199 e. The van der Waals surface area contributed by atoms with Gasteiger partial charge in [0.1, 0.15) is 5.82 Å². The van der Waals surface area contributed by atoms with E-state index in [4.69, 9.17) is 0 Å². The highest BCUT2D eigenvalue weighted by Crippen LogP contribution is 2.06. The summed E-state index contributed by atoms with van der Waals surface area (Å²) >= 11 is 1.84. The number of nitrogens with zero attached hydrogens (tertiary/aromatic N) is 5.